The third kappa shape index (κ3) is 3.20. The summed E-state index contributed by atoms with van der Waals surface area (Å²) in [7, 11) is 3.81. The Balaban J connectivity index is 1.75. The van der Waals surface area contributed by atoms with Gasteiger partial charge in [0.25, 0.3) is 0 Å². The van der Waals surface area contributed by atoms with Crippen molar-refractivity contribution < 1.29 is 5.11 Å². The van der Waals surface area contributed by atoms with Gasteiger partial charge in [0.15, 0.2) is 5.82 Å². The maximum atomic E-state index is 9.31. The highest BCUT2D eigenvalue weighted by Crippen LogP contribution is 2.29. The van der Waals surface area contributed by atoms with Crippen molar-refractivity contribution in [2.75, 3.05) is 13.1 Å². The Bertz CT molecular complexity index is 710. The molecule has 0 radical (unpaired) electrons. The molecule has 0 bridgehead atoms. The zero-order valence-electron chi connectivity index (χ0n) is 14.5. The van der Waals surface area contributed by atoms with Gasteiger partial charge in [0.1, 0.15) is 17.6 Å². The zero-order chi connectivity index (χ0) is 17.3. The summed E-state index contributed by atoms with van der Waals surface area (Å²) >= 11 is 6.43. The Morgan fingerprint density at radius 1 is 1.29 bits per heavy atom. The van der Waals surface area contributed by atoms with Crippen LogP contribution in [-0.4, -0.2) is 47.6 Å². The topological polar surface area (TPSA) is 72.0 Å². The summed E-state index contributed by atoms with van der Waals surface area (Å²) in [6, 6.07) is 0. The lowest BCUT2D eigenvalue weighted by molar-refractivity contribution is 0.194. The van der Waals surface area contributed by atoms with Gasteiger partial charge in [-0.2, -0.15) is 5.10 Å². The highest BCUT2D eigenvalue weighted by atomic mass is 35.5. The molecule has 0 aliphatic carbocycles. The summed E-state index contributed by atoms with van der Waals surface area (Å²) in [6.45, 7) is 4.82. The monoisotopic (exact) mass is 352 g/mol. The highest BCUT2D eigenvalue weighted by molar-refractivity contribution is 6.30. The molecule has 1 saturated heterocycles. The average Bonchev–Trinajstić information content (AvgIpc) is 3.09. The quantitative estimate of drug-likeness (QED) is 0.885. The van der Waals surface area contributed by atoms with Gasteiger partial charge in [-0.15, -0.1) is 10.2 Å². The van der Waals surface area contributed by atoms with E-state index in [9.17, 15) is 5.11 Å². The number of halogens is 1. The van der Waals surface area contributed by atoms with Crippen LogP contribution in [0.2, 0.25) is 5.15 Å². The van der Waals surface area contributed by atoms with Crippen molar-refractivity contribution in [2.45, 2.75) is 45.3 Å². The van der Waals surface area contributed by atoms with E-state index in [2.05, 4.69) is 27.1 Å². The van der Waals surface area contributed by atoms with Gasteiger partial charge in [-0.05, 0) is 25.8 Å². The van der Waals surface area contributed by atoms with E-state index < -0.39 is 0 Å². The number of likely N-dealkylation sites (tertiary alicyclic amines) is 1. The van der Waals surface area contributed by atoms with Crippen LogP contribution in [0.1, 0.15) is 48.6 Å². The van der Waals surface area contributed by atoms with E-state index in [1.54, 1.807) is 4.68 Å². The summed E-state index contributed by atoms with van der Waals surface area (Å²) in [5.41, 5.74) is 2.21. The van der Waals surface area contributed by atoms with Gasteiger partial charge in [-0.1, -0.05) is 18.5 Å². The van der Waals surface area contributed by atoms with Crippen LogP contribution in [0.4, 0.5) is 0 Å². The minimum absolute atomic E-state index is 0.0783. The molecule has 3 heterocycles. The standard InChI is InChI=1S/C16H25ClN6O/c1-4-13-12(15(17)22(3)20-13)9-23-7-5-6-11(8-23)16-19-18-14(10-24)21(16)2/h11,24H,4-10H2,1-3H3. The van der Waals surface area contributed by atoms with Crippen LogP contribution < -0.4 is 0 Å². The summed E-state index contributed by atoms with van der Waals surface area (Å²) in [4.78, 5) is 2.42. The van der Waals surface area contributed by atoms with E-state index in [0.29, 0.717) is 11.7 Å². The van der Waals surface area contributed by atoms with Crippen molar-refractivity contribution in [1.82, 2.24) is 29.4 Å². The SMILES string of the molecule is CCc1nn(C)c(Cl)c1CN1CCCC(c2nnc(CO)n2C)C1. The van der Waals surface area contributed by atoms with Crippen LogP contribution in [0, 0.1) is 0 Å². The molecular formula is C16H25ClN6O. The van der Waals surface area contributed by atoms with Gasteiger partial charge in [-0.25, -0.2) is 0 Å². The Labute approximate surface area is 147 Å². The maximum Gasteiger partial charge on any atom is 0.158 e. The molecule has 1 fully saturated rings. The van der Waals surface area contributed by atoms with E-state index in [1.807, 2.05) is 18.7 Å². The molecule has 1 aliphatic heterocycles. The highest BCUT2D eigenvalue weighted by Gasteiger charge is 2.27. The molecule has 0 amide bonds. The van der Waals surface area contributed by atoms with Crippen molar-refractivity contribution in [3.05, 3.63) is 28.1 Å². The molecule has 1 unspecified atom stereocenters. The number of rotatable bonds is 5. The van der Waals surface area contributed by atoms with Gasteiger partial charge in [0.05, 0.1) is 5.69 Å². The molecule has 8 heteroatoms. The van der Waals surface area contributed by atoms with Crippen LogP contribution in [0.25, 0.3) is 0 Å². The second kappa shape index (κ2) is 7.21. The number of aliphatic hydroxyl groups excluding tert-OH is 1. The molecule has 0 aromatic carbocycles. The molecule has 1 atom stereocenters. The van der Waals surface area contributed by atoms with Crippen molar-refractivity contribution in [1.29, 1.82) is 0 Å². The summed E-state index contributed by atoms with van der Waals surface area (Å²) in [5, 5.41) is 22.9. The van der Waals surface area contributed by atoms with E-state index in [-0.39, 0.29) is 6.61 Å². The molecule has 132 valence electrons. The third-order valence-electron chi connectivity index (χ3n) is 4.88. The fourth-order valence-corrected chi connectivity index (χ4v) is 3.75. The van der Waals surface area contributed by atoms with Crippen molar-refractivity contribution >= 4 is 11.6 Å². The molecule has 0 saturated carbocycles. The Hall–Kier alpha value is -1.44. The molecule has 2 aromatic heterocycles. The van der Waals surface area contributed by atoms with Crippen molar-refractivity contribution in [2.24, 2.45) is 14.1 Å². The van der Waals surface area contributed by atoms with Crippen LogP contribution in [-0.2, 0) is 33.7 Å². The third-order valence-corrected chi connectivity index (χ3v) is 5.35. The minimum Gasteiger partial charge on any atom is -0.388 e. The Morgan fingerprint density at radius 2 is 2.08 bits per heavy atom. The first-order valence-corrected chi connectivity index (χ1v) is 8.84. The van der Waals surface area contributed by atoms with Gasteiger partial charge >= 0.3 is 0 Å². The number of hydrogen-bond donors (Lipinski definition) is 1. The van der Waals surface area contributed by atoms with E-state index in [0.717, 1.165) is 61.1 Å². The molecule has 0 spiro atoms. The number of nitrogens with zero attached hydrogens (tertiary/aromatic N) is 6. The molecule has 3 rings (SSSR count). The largest absolute Gasteiger partial charge is 0.388 e. The van der Waals surface area contributed by atoms with Crippen LogP contribution in [0.15, 0.2) is 0 Å². The van der Waals surface area contributed by atoms with Crippen molar-refractivity contribution in [3.63, 3.8) is 0 Å². The molecule has 24 heavy (non-hydrogen) atoms. The zero-order valence-corrected chi connectivity index (χ0v) is 15.3. The first-order chi connectivity index (χ1) is 11.5. The molecule has 2 aromatic rings. The van der Waals surface area contributed by atoms with Gasteiger partial charge in [0.2, 0.25) is 0 Å². The number of aryl methyl sites for hydroxylation is 2. The van der Waals surface area contributed by atoms with E-state index in [1.165, 1.54) is 0 Å². The first kappa shape index (κ1) is 17.4. The molecule has 7 nitrogen and oxygen atoms in total. The molecular weight excluding hydrogens is 328 g/mol. The van der Waals surface area contributed by atoms with E-state index in [4.69, 9.17) is 11.6 Å². The van der Waals surface area contributed by atoms with Gasteiger partial charge in [0, 0.05) is 38.7 Å². The number of hydrogen-bond acceptors (Lipinski definition) is 5. The van der Waals surface area contributed by atoms with Crippen LogP contribution >= 0.6 is 11.6 Å². The lowest BCUT2D eigenvalue weighted by Gasteiger charge is -2.32. The first-order valence-electron chi connectivity index (χ1n) is 8.46. The maximum absolute atomic E-state index is 9.31. The second-order valence-electron chi connectivity index (χ2n) is 6.46. The predicted octanol–water partition coefficient (Wildman–Crippen LogP) is 1.64. The van der Waals surface area contributed by atoms with Crippen molar-refractivity contribution in [3.8, 4) is 0 Å². The van der Waals surface area contributed by atoms with E-state index >= 15 is 0 Å². The number of aliphatic hydroxyl groups is 1. The van der Waals surface area contributed by atoms with Gasteiger partial charge < -0.3 is 9.67 Å². The lowest BCUT2D eigenvalue weighted by atomic mass is 9.96. The lowest BCUT2D eigenvalue weighted by Crippen LogP contribution is -2.35. The Morgan fingerprint density at radius 3 is 2.75 bits per heavy atom. The fraction of sp³-hybridized carbons (Fsp3) is 0.688. The number of piperidine rings is 1. The Kier molecular flexibility index (Phi) is 5.22. The predicted molar refractivity (Wildman–Crippen MR) is 91.8 cm³/mol. The molecule has 1 aliphatic rings. The second-order valence-corrected chi connectivity index (χ2v) is 6.82. The normalized spacial score (nSPS) is 19.1. The van der Waals surface area contributed by atoms with Gasteiger partial charge in [-0.3, -0.25) is 9.58 Å². The average molecular weight is 353 g/mol. The van der Waals surface area contributed by atoms with Crippen LogP contribution in [0.3, 0.4) is 0 Å². The summed E-state index contributed by atoms with van der Waals surface area (Å²) < 4.78 is 3.68. The summed E-state index contributed by atoms with van der Waals surface area (Å²) in [5.74, 6) is 1.90. The molecule has 1 N–H and O–H groups in total. The minimum atomic E-state index is -0.0783. The smallest absolute Gasteiger partial charge is 0.158 e. The van der Waals surface area contributed by atoms with Crippen LogP contribution in [0.5, 0.6) is 0 Å². The summed E-state index contributed by atoms with van der Waals surface area (Å²) in [6.07, 6.45) is 3.09. The fourth-order valence-electron chi connectivity index (χ4n) is 3.54. The number of aromatic nitrogens is 5.